The fraction of sp³-hybridized carbons (Fsp3) is 0.571. The Hall–Kier alpha value is -2.08. The Labute approximate surface area is 216 Å². The molecule has 0 aliphatic rings. The number of carbonyl (C=O) groups is 1. The van der Waals surface area contributed by atoms with Crippen LogP contribution in [-0.2, 0) is 6.54 Å². The van der Waals surface area contributed by atoms with Crippen LogP contribution in [0.15, 0.2) is 53.0 Å². The topological polar surface area (TPSA) is 65.9 Å². The molecule has 0 aliphatic carbocycles. The summed E-state index contributed by atoms with van der Waals surface area (Å²) in [5.74, 6) is -0.0480. The summed E-state index contributed by atoms with van der Waals surface area (Å²) in [6.45, 7) is 3.30. The molecule has 0 fully saturated rings. The molecule has 0 amide bonds. The summed E-state index contributed by atoms with van der Waals surface area (Å²) in [7, 11) is 0. The van der Waals surface area contributed by atoms with Crippen LogP contribution in [0.5, 0.6) is 5.75 Å². The van der Waals surface area contributed by atoms with E-state index in [-0.39, 0.29) is 28.3 Å². The number of hydrogen-bond donors (Lipinski definition) is 1. The molecule has 6 heteroatoms. The summed E-state index contributed by atoms with van der Waals surface area (Å²) in [6, 6.07) is 8.48. The number of aromatic nitrogens is 1. The van der Waals surface area contributed by atoms with E-state index in [0.717, 1.165) is 12.2 Å². The fourth-order valence-electron chi connectivity index (χ4n) is 3.97. The number of aromatic hydroxyl groups is 1. The smallest absolute Gasteiger partial charge is 0.171 e. The fourth-order valence-corrected chi connectivity index (χ4v) is 3.97. The summed E-state index contributed by atoms with van der Waals surface area (Å²) in [5.41, 5.74) is 1.51. The SMILES string of the molecule is CCCCCCCCCCCCCCCC[n+]1ccc(N=Nc2ccc(O)c(C=O)c2)cc1.[Br-]. The minimum atomic E-state index is -0.0480. The average Bonchev–Trinajstić information content (AvgIpc) is 2.84. The average molecular weight is 533 g/mol. The van der Waals surface area contributed by atoms with Gasteiger partial charge in [0.25, 0.3) is 0 Å². The Kier molecular flexibility index (Phi) is 17.0. The van der Waals surface area contributed by atoms with E-state index in [1.165, 1.54) is 102 Å². The molecule has 5 nitrogen and oxygen atoms in total. The molecule has 1 N–H and O–H groups in total. The number of unbranched alkanes of at least 4 members (excludes halogenated alkanes) is 13. The van der Waals surface area contributed by atoms with E-state index in [0.29, 0.717) is 12.0 Å². The van der Waals surface area contributed by atoms with E-state index in [4.69, 9.17) is 0 Å². The van der Waals surface area contributed by atoms with Gasteiger partial charge in [0.15, 0.2) is 18.7 Å². The molecule has 1 aromatic carbocycles. The van der Waals surface area contributed by atoms with Crippen molar-refractivity contribution in [2.24, 2.45) is 10.2 Å². The first kappa shape index (κ1) is 30.0. The van der Waals surface area contributed by atoms with E-state index in [2.05, 4.69) is 21.7 Å². The Morgan fingerprint density at radius 1 is 0.735 bits per heavy atom. The van der Waals surface area contributed by atoms with Crippen LogP contribution in [-0.4, -0.2) is 11.4 Å². The summed E-state index contributed by atoms with van der Waals surface area (Å²) in [4.78, 5) is 10.9. The van der Waals surface area contributed by atoms with Crippen LogP contribution < -0.4 is 21.5 Å². The molecule has 0 saturated carbocycles. The van der Waals surface area contributed by atoms with Gasteiger partial charge in [0.2, 0.25) is 0 Å². The summed E-state index contributed by atoms with van der Waals surface area (Å²) in [5, 5.41) is 17.9. The van der Waals surface area contributed by atoms with Crippen molar-refractivity contribution in [2.75, 3.05) is 0 Å². The first-order chi connectivity index (χ1) is 16.2. The molecule has 0 bridgehead atoms. The molecule has 1 aromatic heterocycles. The predicted molar refractivity (Wildman–Crippen MR) is 135 cm³/mol. The van der Waals surface area contributed by atoms with Crippen LogP contribution in [0.3, 0.4) is 0 Å². The van der Waals surface area contributed by atoms with E-state index in [1.54, 1.807) is 6.07 Å². The number of carbonyl (C=O) groups excluding carboxylic acids is 1. The molecule has 1 heterocycles. The highest BCUT2D eigenvalue weighted by atomic mass is 79.9. The van der Waals surface area contributed by atoms with Gasteiger partial charge < -0.3 is 22.1 Å². The lowest BCUT2D eigenvalue weighted by Gasteiger charge is -2.03. The lowest BCUT2D eigenvalue weighted by atomic mass is 10.0. The van der Waals surface area contributed by atoms with Gasteiger partial charge in [-0.05, 0) is 24.6 Å². The van der Waals surface area contributed by atoms with Crippen molar-refractivity contribution in [2.45, 2.75) is 103 Å². The van der Waals surface area contributed by atoms with Crippen molar-refractivity contribution < 1.29 is 31.4 Å². The van der Waals surface area contributed by atoms with Crippen LogP contribution in [0.1, 0.15) is 107 Å². The molecule has 0 aliphatic heterocycles. The van der Waals surface area contributed by atoms with Gasteiger partial charge >= 0.3 is 0 Å². The number of benzene rings is 1. The van der Waals surface area contributed by atoms with E-state index in [1.807, 2.05) is 24.5 Å². The van der Waals surface area contributed by atoms with E-state index < -0.39 is 0 Å². The summed E-state index contributed by atoms with van der Waals surface area (Å²) in [6.07, 6.45) is 23.9. The molecular formula is C28H42BrN3O2. The molecular weight excluding hydrogens is 490 g/mol. The molecule has 0 radical (unpaired) electrons. The third kappa shape index (κ3) is 13.0. The van der Waals surface area contributed by atoms with Crippen LogP contribution in [0.25, 0.3) is 0 Å². The second kappa shape index (κ2) is 19.2. The predicted octanol–water partition coefficient (Wildman–Crippen LogP) is 5.39. The van der Waals surface area contributed by atoms with E-state index in [9.17, 15) is 9.90 Å². The zero-order valence-corrected chi connectivity index (χ0v) is 22.4. The number of aryl methyl sites for hydroxylation is 1. The van der Waals surface area contributed by atoms with Crippen LogP contribution >= 0.6 is 0 Å². The summed E-state index contributed by atoms with van der Waals surface area (Å²) >= 11 is 0. The highest BCUT2D eigenvalue weighted by Gasteiger charge is 2.03. The molecule has 0 saturated heterocycles. The van der Waals surface area contributed by atoms with Crippen molar-refractivity contribution in [3.05, 3.63) is 48.3 Å². The zero-order valence-electron chi connectivity index (χ0n) is 20.8. The highest BCUT2D eigenvalue weighted by molar-refractivity contribution is 5.80. The largest absolute Gasteiger partial charge is 1.00 e. The van der Waals surface area contributed by atoms with Gasteiger partial charge in [-0.2, -0.15) is 10.2 Å². The highest BCUT2D eigenvalue weighted by Crippen LogP contribution is 2.23. The van der Waals surface area contributed by atoms with Gasteiger partial charge in [0.05, 0.1) is 16.9 Å². The Balaban J connectivity index is 0.00000578. The minimum Gasteiger partial charge on any atom is -1.00 e. The number of rotatable bonds is 18. The standard InChI is InChI=1S/C28H41N3O2.BrH/c1-2-3-4-5-6-7-8-9-10-11-12-13-14-15-20-31-21-18-26(19-22-31)29-30-27-16-17-28(33)25(23-27)24-32;/h16-19,21-24H,2-15,20H2,1H3;1H. The van der Waals surface area contributed by atoms with Crippen LogP contribution in [0, 0.1) is 0 Å². The lowest BCUT2D eigenvalue weighted by molar-refractivity contribution is -0.697. The first-order valence-electron chi connectivity index (χ1n) is 12.9. The Bertz CT molecular complexity index is 825. The van der Waals surface area contributed by atoms with Crippen molar-refractivity contribution in [1.29, 1.82) is 0 Å². The maximum absolute atomic E-state index is 10.9. The number of halogens is 1. The Morgan fingerprint density at radius 3 is 1.76 bits per heavy atom. The first-order valence-corrected chi connectivity index (χ1v) is 12.9. The van der Waals surface area contributed by atoms with Crippen molar-refractivity contribution in [1.82, 2.24) is 0 Å². The Morgan fingerprint density at radius 2 is 1.24 bits per heavy atom. The van der Waals surface area contributed by atoms with Crippen molar-refractivity contribution in [3.63, 3.8) is 0 Å². The van der Waals surface area contributed by atoms with Gasteiger partial charge in [-0.3, -0.25) is 4.79 Å². The number of phenols is 1. The monoisotopic (exact) mass is 531 g/mol. The zero-order chi connectivity index (χ0) is 23.6. The quantitative estimate of drug-likeness (QED) is 0.121. The number of aldehydes is 1. The lowest BCUT2D eigenvalue weighted by Crippen LogP contribution is -3.00. The molecule has 0 unspecified atom stereocenters. The van der Waals surface area contributed by atoms with Crippen molar-refractivity contribution >= 4 is 17.7 Å². The molecule has 34 heavy (non-hydrogen) atoms. The maximum Gasteiger partial charge on any atom is 0.171 e. The molecule has 0 spiro atoms. The van der Waals surface area contributed by atoms with Crippen LogP contribution in [0.2, 0.25) is 0 Å². The number of hydrogen-bond acceptors (Lipinski definition) is 4. The molecule has 2 aromatic rings. The minimum absolute atomic E-state index is 0. The number of azo groups is 1. The van der Waals surface area contributed by atoms with Gasteiger partial charge in [-0.15, -0.1) is 0 Å². The molecule has 2 rings (SSSR count). The normalized spacial score (nSPS) is 11.0. The van der Waals surface area contributed by atoms with Gasteiger partial charge in [0, 0.05) is 18.6 Å². The van der Waals surface area contributed by atoms with Gasteiger partial charge in [0.1, 0.15) is 12.3 Å². The molecule has 0 atom stereocenters. The van der Waals surface area contributed by atoms with Gasteiger partial charge in [-0.25, -0.2) is 4.57 Å². The third-order valence-electron chi connectivity index (χ3n) is 6.06. The second-order valence-corrected chi connectivity index (χ2v) is 8.95. The molecule has 188 valence electrons. The van der Waals surface area contributed by atoms with Crippen LogP contribution in [0.4, 0.5) is 11.4 Å². The number of pyridine rings is 1. The van der Waals surface area contributed by atoms with Crippen molar-refractivity contribution in [3.8, 4) is 5.75 Å². The number of nitrogens with zero attached hydrogens (tertiary/aromatic N) is 3. The number of phenolic OH excluding ortho intramolecular Hbond substituents is 1. The van der Waals surface area contributed by atoms with Gasteiger partial charge in [-0.1, -0.05) is 84.0 Å². The third-order valence-corrected chi connectivity index (χ3v) is 6.06. The summed E-state index contributed by atoms with van der Waals surface area (Å²) < 4.78 is 2.19. The van der Waals surface area contributed by atoms with E-state index >= 15 is 0 Å². The second-order valence-electron chi connectivity index (χ2n) is 8.95. The maximum atomic E-state index is 10.9.